The molecule has 0 atom stereocenters. The zero-order valence-corrected chi connectivity index (χ0v) is 16.4. The zero-order valence-electron chi connectivity index (χ0n) is 15.6. The van der Waals surface area contributed by atoms with Gasteiger partial charge in [0.15, 0.2) is 0 Å². The van der Waals surface area contributed by atoms with Crippen LogP contribution in [0.2, 0.25) is 0 Å². The van der Waals surface area contributed by atoms with Crippen LogP contribution in [0.3, 0.4) is 0 Å². The molecule has 2 aromatic rings. The van der Waals surface area contributed by atoms with E-state index in [2.05, 4.69) is 24.8 Å². The molecule has 0 aliphatic carbocycles. The van der Waals surface area contributed by atoms with Gasteiger partial charge in [-0.1, -0.05) is 25.5 Å². The van der Waals surface area contributed by atoms with Gasteiger partial charge in [-0.25, -0.2) is 4.39 Å². The summed E-state index contributed by atoms with van der Waals surface area (Å²) in [5, 5.41) is 0. The fourth-order valence-electron chi connectivity index (χ4n) is 3.48. The van der Waals surface area contributed by atoms with Crippen molar-refractivity contribution in [2.75, 3.05) is 26.2 Å². The Bertz CT molecular complexity index is 741. The summed E-state index contributed by atoms with van der Waals surface area (Å²) in [6.07, 6.45) is 3.12. The SMILES string of the molecule is CCCc1cc(C(=O)N2CCCN(Cc3ccc(F)cc3)CC2)sc1C. The molecule has 0 bridgehead atoms. The maximum atomic E-state index is 13.1. The smallest absolute Gasteiger partial charge is 0.263 e. The van der Waals surface area contributed by atoms with Gasteiger partial charge in [0.05, 0.1) is 4.88 Å². The van der Waals surface area contributed by atoms with Crippen molar-refractivity contribution < 1.29 is 9.18 Å². The minimum absolute atomic E-state index is 0.170. The number of amides is 1. The first-order chi connectivity index (χ1) is 12.6. The molecule has 3 rings (SSSR count). The molecule has 1 aliphatic heterocycles. The monoisotopic (exact) mass is 374 g/mol. The lowest BCUT2D eigenvalue weighted by Gasteiger charge is -2.21. The van der Waals surface area contributed by atoms with Crippen LogP contribution >= 0.6 is 11.3 Å². The normalized spacial score (nSPS) is 15.9. The molecule has 26 heavy (non-hydrogen) atoms. The van der Waals surface area contributed by atoms with E-state index in [0.717, 1.165) is 62.4 Å². The van der Waals surface area contributed by atoms with Gasteiger partial charge in [0.25, 0.3) is 5.91 Å². The highest BCUT2D eigenvalue weighted by Crippen LogP contribution is 2.24. The van der Waals surface area contributed by atoms with Crippen LogP contribution in [0.15, 0.2) is 30.3 Å². The van der Waals surface area contributed by atoms with Gasteiger partial charge in [0.1, 0.15) is 5.82 Å². The lowest BCUT2D eigenvalue weighted by molar-refractivity contribution is 0.0766. The second-order valence-electron chi connectivity index (χ2n) is 6.99. The van der Waals surface area contributed by atoms with Crippen molar-refractivity contribution in [3.8, 4) is 0 Å². The maximum Gasteiger partial charge on any atom is 0.263 e. The number of carbonyl (C=O) groups excluding carboxylic acids is 1. The summed E-state index contributed by atoms with van der Waals surface area (Å²) in [6, 6.07) is 8.79. The molecular formula is C21H27FN2OS. The van der Waals surface area contributed by atoms with E-state index in [4.69, 9.17) is 0 Å². The fourth-order valence-corrected chi connectivity index (χ4v) is 4.52. The van der Waals surface area contributed by atoms with Crippen molar-refractivity contribution in [1.82, 2.24) is 9.80 Å². The van der Waals surface area contributed by atoms with Crippen molar-refractivity contribution >= 4 is 17.2 Å². The number of nitrogens with zero attached hydrogens (tertiary/aromatic N) is 2. The largest absolute Gasteiger partial charge is 0.337 e. The minimum Gasteiger partial charge on any atom is -0.337 e. The summed E-state index contributed by atoms with van der Waals surface area (Å²) in [7, 11) is 0. The van der Waals surface area contributed by atoms with E-state index in [1.54, 1.807) is 11.3 Å². The molecule has 1 aromatic heterocycles. The third-order valence-corrected chi connectivity index (χ3v) is 6.03. The molecule has 1 amide bonds. The molecule has 3 nitrogen and oxygen atoms in total. The Labute approximate surface area is 159 Å². The van der Waals surface area contributed by atoms with Crippen LogP contribution < -0.4 is 0 Å². The second kappa shape index (κ2) is 8.78. The third kappa shape index (κ3) is 4.71. The summed E-state index contributed by atoms with van der Waals surface area (Å²) < 4.78 is 13.1. The molecular weight excluding hydrogens is 347 g/mol. The highest BCUT2D eigenvalue weighted by atomic mass is 32.1. The molecule has 1 aromatic carbocycles. The minimum atomic E-state index is -0.199. The van der Waals surface area contributed by atoms with Crippen LogP contribution in [0.4, 0.5) is 4.39 Å². The lowest BCUT2D eigenvalue weighted by Crippen LogP contribution is -2.34. The predicted molar refractivity (Wildman–Crippen MR) is 105 cm³/mol. The number of carbonyl (C=O) groups is 1. The number of thiophene rings is 1. The van der Waals surface area contributed by atoms with Crippen LogP contribution in [-0.2, 0) is 13.0 Å². The molecule has 5 heteroatoms. The molecule has 0 saturated carbocycles. The van der Waals surface area contributed by atoms with E-state index in [9.17, 15) is 9.18 Å². The maximum absolute atomic E-state index is 13.1. The first-order valence-electron chi connectivity index (χ1n) is 9.42. The summed E-state index contributed by atoms with van der Waals surface area (Å²) in [6.45, 7) is 8.46. The Balaban J connectivity index is 1.60. The summed E-state index contributed by atoms with van der Waals surface area (Å²) >= 11 is 1.63. The number of hydrogen-bond donors (Lipinski definition) is 0. The average molecular weight is 375 g/mol. The first-order valence-corrected chi connectivity index (χ1v) is 10.2. The van der Waals surface area contributed by atoms with Gasteiger partial charge in [0.2, 0.25) is 0 Å². The van der Waals surface area contributed by atoms with E-state index in [1.807, 2.05) is 17.0 Å². The van der Waals surface area contributed by atoms with Gasteiger partial charge in [-0.15, -0.1) is 11.3 Å². The van der Waals surface area contributed by atoms with E-state index in [1.165, 1.54) is 22.6 Å². The molecule has 0 spiro atoms. The van der Waals surface area contributed by atoms with Crippen molar-refractivity contribution in [2.45, 2.75) is 39.7 Å². The Morgan fingerprint density at radius 3 is 2.65 bits per heavy atom. The number of rotatable bonds is 5. The average Bonchev–Trinajstić information content (AvgIpc) is 2.85. The first kappa shape index (κ1) is 19.1. The van der Waals surface area contributed by atoms with Crippen LogP contribution in [0.25, 0.3) is 0 Å². The molecule has 0 N–H and O–H groups in total. The van der Waals surface area contributed by atoms with Crippen molar-refractivity contribution in [2.24, 2.45) is 0 Å². The van der Waals surface area contributed by atoms with Crippen LogP contribution in [0, 0.1) is 12.7 Å². The van der Waals surface area contributed by atoms with Gasteiger partial charge in [-0.2, -0.15) is 0 Å². The Morgan fingerprint density at radius 2 is 1.92 bits per heavy atom. The van der Waals surface area contributed by atoms with Crippen molar-refractivity contribution in [3.63, 3.8) is 0 Å². The highest BCUT2D eigenvalue weighted by Gasteiger charge is 2.22. The van der Waals surface area contributed by atoms with Gasteiger partial charge in [-0.05, 0) is 49.1 Å². The van der Waals surface area contributed by atoms with E-state index in [-0.39, 0.29) is 11.7 Å². The molecule has 0 unspecified atom stereocenters. The summed E-state index contributed by atoms with van der Waals surface area (Å²) in [5.74, 6) is -0.0286. The Kier molecular flexibility index (Phi) is 6.43. The van der Waals surface area contributed by atoms with Gasteiger partial charge >= 0.3 is 0 Å². The highest BCUT2D eigenvalue weighted by molar-refractivity contribution is 7.14. The van der Waals surface area contributed by atoms with E-state index >= 15 is 0 Å². The zero-order chi connectivity index (χ0) is 18.5. The van der Waals surface area contributed by atoms with Gasteiger partial charge in [-0.3, -0.25) is 9.69 Å². The second-order valence-corrected chi connectivity index (χ2v) is 8.25. The van der Waals surface area contributed by atoms with Crippen LogP contribution in [-0.4, -0.2) is 41.9 Å². The number of benzene rings is 1. The van der Waals surface area contributed by atoms with Crippen LogP contribution in [0.5, 0.6) is 0 Å². The Hall–Kier alpha value is -1.72. The molecule has 1 aliphatic rings. The van der Waals surface area contributed by atoms with E-state index in [0.29, 0.717) is 0 Å². The number of halogens is 1. The van der Waals surface area contributed by atoms with Crippen molar-refractivity contribution in [3.05, 3.63) is 57.0 Å². The Morgan fingerprint density at radius 1 is 1.15 bits per heavy atom. The van der Waals surface area contributed by atoms with Crippen molar-refractivity contribution in [1.29, 1.82) is 0 Å². The lowest BCUT2D eigenvalue weighted by atomic mass is 10.1. The topological polar surface area (TPSA) is 23.6 Å². The van der Waals surface area contributed by atoms with Crippen LogP contribution in [0.1, 0.15) is 45.4 Å². The third-order valence-electron chi connectivity index (χ3n) is 4.95. The fraction of sp³-hybridized carbons (Fsp3) is 0.476. The number of aryl methyl sites for hydroxylation is 2. The molecule has 1 saturated heterocycles. The quantitative estimate of drug-likeness (QED) is 0.769. The van der Waals surface area contributed by atoms with Gasteiger partial charge in [0, 0.05) is 37.6 Å². The van der Waals surface area contributed by atoms with E-state index < -0.39 is 0 Å². The standard InChI is InChI=1S/C21H27FN2OS/c1-3-5-18-14-20(26-16(18)2)21(25)24-11-4-10-23(12-13-24)15-17-6-8-19(22)9-7-17/h6-9,14H,3-5,10-13,15H2,1-2H3. The summed E-state index contributed by atoms with van der Waals surface area (Å²) in [5.41, 5.74) is 2.43. The predicted octanol–water partition coefficient (Wildman–Crippen LogP) is 4.50. The molecule has 1 fully saturated rings. The molecule has 0 radical (unpaired) electrons. The summed E-state index contributed by atoms with van der Waals surface area (Å²) in [4.78, 5) is 19.4. The molecule has 2 heterocycles. The number of hydrogen-bond acceptors (Lipinski definition) is 3. The molecule has 140 valence electrons. The van der Waals surface area contributed by atoms with Gasteiger partial charge < -0.3 is 4.90 Å².